The summed E-state index contributed by atoms with van der Waals surface area (Å²) in [6.45, 7) is 7.36. The van der Waals surface area contributed by atoms with E-state index < -0.39 is 52.1 Å². The van der Waals surface area contributed by atoms with Crippen LogP contribution in [0.15, 0.2) is 23.8 Å². The Hall–Kier alpha value is -2.39. The molecule has 228 valence electrons. The summed E-state index contributed by atoms with van der Waals surface area (Å²) in [4.78, 5) is 50.1. The number of fused-ring (bicyclic) bond motifs is 5. The number of carbonyl (C=O) groups excluding carboxylic acids is 4. The Balaban J connectivity index is 1.66. The molecule has 4 aliphatic rings. The lowest BCUT2D eigenvalue weighted by Crippen LogP contribution is -2.69. The van der Waals surface area contributed by atoms with Gasteiger partial charge in [-0.2, -0.15) is 0 Å². The van der Waals surface area contributed by atoms with Gasteiger partial charge >= 0.3 is 12.3 Å². The summed E-state index contributed by atoms with van der Waals surface area (Å²) in [6.07, 6.45) is 6.98. The number of Topliss-reactive ketones (excluding diaryl/α,β-unsaturated/α-hetero) is 1. The highest BCUT2D eigenvalue weighted by Gasteiger charge is 2.74. The summed E-state index contributed by atoms with van der Waals surface area (Å²) in [6, 6.07) is 0. The van der Waals surface area contributed by atoms with Crippen LogP contribution in [0.3, 0.4) is 0 Å². The third-order valence-electron chi connectivity index (χ3n) is 10.2. The van der Waals surface area contributed by atoms with Crippen LogP contribution in [0.5, 0.6) is 0 Å². The lowest BCUT2D eigenvalue weighted by molar-refractivity contribution is -0.179. The van der Waals surface area contributed by atoms with Crippen molar-refractivity contribution in [2.24, 2.45) is 22.7 Å². The van der Waals surface area contributed by atoms with Crippen molar-refractivity contribution in [2.45, 2.75) is 102 Å². The van der Waals surface area contributed by atoms with Gasteiger partial charge in [0, 0.05) is 10.8 Å². The van der Waals surface area contributed by atoms with Crippen molar-refractivity contribution < 1.29 is 43.2 Å². The molecule has 0 heterocycles. The number of ketones is 2. The maximum Gasteiger partial charge on any atom is 0.509 e. The van der Waals surface area contributed by atoms with E-state index in [0.717, 1.165) is 18.4 Å². The van der Waals surface area contributed by atoms with E-state index in [9.17, 15) is 24.3 Å². The van der Waals surface area contributed by atoms with Gasteiger partial charge in [-0.3, -0.25) is 9.59 Å². The zero-order valence-corrected chi connectivity index (χ0v) is 25.3. The van der Waals surface area contributed by atoms with E-state index >= 15 is 0 Å². The number of hydrogen-bond donors (Lipinski definition) is 1. The Kier molecular flexibility index (Phi) is 9.29. The van der Waals surface area contributed by atoms with Crippen molar-refractivity contribution in [1.29, 1.82) is 0 Å². The van der Waals surface area contributed by atoms with E-state index in [1.807, 2.05) is 33.8 Å². The first-order valence-electron chi connectivity index (χ1n) is 14.9. The predicted octanol–water partition coefficient (Wildman–Crippen LogP) is 5.84. The van der Waals surface area contributed by atoms with Gasteiger partial charge in [-0.05, 0) is 68.9 Å². The topological polar surface area (TPSA) is 125 Å². The number of halogens is 1. The fourth-order valence-electron chi connectivity index (χ4n) is 8.03. The van der Waals surface area contributed by atoms with E-state index in [4.69, 9.17) is 30.5 Å². The number of ether oxygens (including phenoxy) is 4. The van der Waals surface area contributed by atoms with E-state index in [1.165, 1.54) is 6.08 Å². The second-order valence-electron chi connectivity index (χ2n) is 12.3. The van der Waals surface area contributed by atoms with Gasteiger partial charge in [0.25, 0.3) is 0 Å². The molecule has 4 aliphatic carbocycles. The van der Waals surface area contributed by atoms with Crippen LogP contribution < -0.4 is 0 Å². The molecule has 0 amide bonds. The highest BCUT2D eigenvalue weighted by molar-refractivity contribution is 6.26. The summed E-state index contributed by atoms with van der Waals surface area (Å²) >= 11 is 7.49. The maximum absolute atomic E-state index is 14.0. The Morgan fingerprint density at radius 1 is 1.00 bits per heavy atom. The van der Waals surface area contributed by atoms with E-state index in [0.29, 0.717) is 32.1 Å². The average molecular weight is 595 g/mol. The standard InChI is InChI=1S/C31H43ClO9/c1-5-7-8-16-39-27(37)41-30(25(35)19-40-26(36)38-15-6-2)14-12-22-23-10-9-20-17-21(33)11-13-28(20,3)31(23,32)24(34)18-29(22,30)4/h11,13,17,22-24,34H,5-10,12,14-16,18-19H2,1-4H3/t22-,23-,24?,28-,29-,30-,31-/m0/s1. The molecule has 3 saturated carbocycles. The van der Waals surface area contributed by atoms with Gasteiger partial charge < -0.3 is 24.1 Å². The largest absolute Gasteiger partial charge is 0.509 e. The van der Waals surface area contributed by atoms with Gasteiger partial charge in [-0.1, -0.05) is 52.2 Å². The van der Waals surface area contributed by atoms with E-state index in [-0.39, 0.29) is 43.7 Å². The van der Waals surface area contributed by atoms with Gasteiger partial charge in [0.2, 0.25) is 5.78 Å². The number of alkyl halides is 1. The summed E-state index contributed by atoms with van der Waals surface area (Å²) in [5.74, 6) is -1.12. The second kappa shape index (κ2) is 12.1. The van der Waals surface area contributed by atoms with Crippen LogP contribution in [-0.2, 0) is 28.5 Å². The van der Waals surface area contributed by atoms with Crippen molar-refractivity contribution in [3.05, 3.63) is 23.8 Å². The number of hydrogen-bond acceptors (Lipinski definition) is 9. The Morgan fingerprint density at radius 3 is 2.44 bits per heavy atom. The van der Waals surface area contributed by atoms with Crippen LogP contribution in [0.4, 0.5) is 9.59 Å². The number of unbranched alkanes of at least 4 members (excludes halogenated alkanes) is 2. The van der Waals surface area contributed by atoms with Gasteiger partial charge in [0.15, 0.2) is 18.0 Å². The molecule has 10 heteroatoms. The van der Waals surface area contributed by atoms with Crippen molar-refractivity contribution in [1.82, 2.24) is 0 Å². The molecule has 0 radical (unpaired) electrons. The number of aliphatic hydroxyl groups is 1. The lowest BCUT2D eigenvalue weighted by Gasteiger charge is -2.63. The Morgan fingerprint density at radius 2 is 1.73 bits per heavy atom. The van der Waals surface area contributed by atoms with Crippen molar-refractivity contribution in [2.75, 3.05) is 19.8 Å². The molecule has 7 atom stereocenters. The molecule has 0 spiro atoms. The third-order valence-corrected chi connectivity index (χ3v) is 11.1. The number of carbonyl (C=O) groups is 4. The van der Waals surface area contributed by atoms with Crippen LogP contribution in [0.1, 0.15) is 85.5 Å². The van der Waals surface area contributed by atoms with Crippen molar-refractivity contribution in [3.8, 4) is 0 Å². The first-order chi connectivity index (χ1) is 19.4. The quantitative estimate of drug-likeness (QED) is 0.188. The number of allylic oxidation sites excluding steroid dienone is 4. The smallest absolute Gasteiger partial charge is 0.434 e. The molecule has 9 nitrogen and oxygen atoms in total. The molecule has 0 aromatic carbocycles. The SMILES string of the molecule is CCCCCOC(=O)O[C@]1(C(=O)COC(=O)OCCC)CC[C@H]2[C@@H]3CCC4=CC(=O)C=C[C@]4(C)[C@@]3(Cl)C(O)C[C@@]21C. The number of rotatable bonds is 10. The molecule has 0 aromatic rings. The second-order valence-corrected chi connectivity index (χ2v) is 13.0. The van der Waals surface area contributed by atoms with Crippen LogP contribution in [-0.4, -0.2) is 65.4 Å². The van der Waals surface area contributed by atoms with Crippen molar-refractivity contribution >= 4 is 35.5 Å². The molecule has 0 aromatic heterocycles. The molecule has 41 heavy (non-hydrogen) atoms. The summed E-state index contributed by atoms with van der Waals surface area (Å²) < 4.78 is 21.4. The maximum atomic E-state index is 14.0. The van der Waals surface area contributed by atoms with Crippen molar-refractivity contribution in [3.63, 3.8) is 0 Å². The molecular formula is C31H43ClO9. The molecule has 3 fully saturated rings. The molecule has 0 saturated heterocycles. The number of aliphatic hydroxyl groups excluding tert-OH is 1. The summed E-state index contributed by atoms with van der Waals surface area (Å²) in [7, 11) is 0. The molecule has 4 rings (SSSR count). The third kappa shape index (κ3) is 5.22. The van der Waals surface area contributed by atoms with Gasteiger partial charge in [0.1, 0.15) is 0 Å². The molecular weight excluding hydrogens is 552 g/mol. The fraction of sp³-hybridized carbons (Fsp3) is 0.742. The van der Waals surface area contributed by atoms with E-state index in [1.54, 1.807) is 6.08 Å². The van der Waals surface area contributed by atoms with Gasteiger partial charge in [-0.15, -0.1) is 11.6 Å². The zero-order valence-electron chi connectivity index (χ0n) is 24.5. The monoisotopic (exact) mass is 594 g/mol. The molecule has 1 N–H and O–H groups in total. The molecule has 0 aliphatic heterocycles. The van der Waals surface area contributed by atoms with Crippen LogP contribution in [0.2, 0.25) is 0 Å². The average Bonchev–Trinajstić information content (AvgIpc) is 3.21. The van der Waals surface area contributed by atoms with Crippen LogP contribution >= 0.6 is 11.6 Å². The van der Waals surface area contributed by atoms with Gasteiger partial charge in [-0.25, -0.2) is 9.59 Å². The zero-order chi connectivity index (χ0) is 30.1. The normalized spacial score (nSPS) is 37.3. The molecule has 0 bridgehead atoms. The lowest BCUT2D eigenvalue weighted by atomic mass is 9.45. The van der Waals surface area contributed by atoms with Crippen LogP contribution in [0.25, 0.3) is 0 Å². The minimum absolute atomic E-state index is 0.0669. The first kappa shape index (κ1) is 31.5. The van der Waals surface area contributed by atoms with E-state index in [2.05, 4.69) is 0 Å². The Labute approximate surface area is 246 Å². The fourth-order valence-corrected chi connectivity index (χ4v) is 8.55. The van der Waals surface area contributed by atoms with Crippen LogP contribution in [0, 0.1) is 22.7 Å². The highest BCUT2D eigenvalue weighted by atomic mass is 35.5. The minimum Gasteiger partial charge on any atom is -0.434 e. The summed E-state index contributed by atoms with van der Waals surface area (Å²) in [5.41, 5.74) is -2.58. The highest BCUT2D eigenvalue weighted by Crippen LogP contribution is 2.71. The Bertz CT molecular complexity index is 1120. The predicted molar refractivity (Wildman–Crippen MR) is 150 cm³/mol. The molecule has 1 unspecified atom stereocenters. The minimum atomic E-state index is -1.70. The van der Waals surface area contributed by atoms with Gasteiger partial charge in [0.05, 0.1) is 24.2 Å². The first-order valence-corrected chi connectivity index (χ1v) is 15.3. The summed E-state index contributed by atoms with van der Waals surface area (Å²) in [5, 5.41) is 11.8.